The predicted molar refractivity (Wildman–Crippen MR) is 33.2 cm³/mol. The molecule has 3 heteroatoms. The normalized spacial score (nSPS) is 79.3. The quantitative estimate of drug-likeness (QED) is 0.473. The first-order valence-corrected chi connectivity index (χ1v) is 4.07. The van der Waals surface area contributed by atoms with Crippen molar-refractivity contribution in [3.63, 3.8) is 0 Å². The van der Waals surface area contributed by atoms with Gasteiger partial charge in [0.05, 0.1) is 23.7 Å². The highest BCUT2D eigenvalue weighted by Gasteiger charge is 2.97. The molecule has 7 atom stereocenters. The minimum atomic E-state index is -0.324. The van der Waals surface area contributed by atoms with Crippen molar-refractivity contribution in [2.24, 2.45) is 23.2 Å². The highest BCUT2D eigenvalue weighted by Crippen LogP contribution is 2.90. The Bertz CT molecular complexity index is 310. The zero-order chi connectivity index (χ0) is 7.38. The maximum atomic E-state index is 9.57. The minimum Gasteiger partial charge on any atom is -0.390 e. The van der Waals surface area contributed by atoms with Crippen LogP contribution in [0.3, 0.4) is 0 Å². The number of aliphatic hydroxyl groups is 1. The van der Waals surface area contributed by atoms with Gasteiger partial charge in [0.1, 0.15) is 6.10 Å². The van der Waals surface area contributed by atoms with Crippen LogP contribution in [0.15, 0.2) is 0 Å². The van der Waals surface area contributed by atoms with E-state index in [4.69, 9.17) is 10.00 Å². The summed E-state index contributed by atoms with van der Waals surface area (Å²) in [5, 5.41) is 18.4. The highest BCUT2D eigenvalue weighted by molar-refractivity contribution is 5.48. The van der Waals surface area contributed by atoms with E-state index in [9.17, 15) is 5.11 Å². The minimum absolute atomic E-state index is 0.102. The molecule has 5 aliphatic rings. The number of hydrogen-bond acceptors (Lipinski definition) is 3. The molecule has 3 nitrogen and oxygen atoms in total. The van der Waals surface area contributed by atoms with Crippen molar-refractivity contribution in [1.82, 2.24) is 0 Å². The van der Waals surface area contributed by atoms with Crippen molar-refractivity contribution < 1.29 is 9.84 Å². The van der Waals surface area contributed by atoms with E-state index in [0.717, 1.165) is 0 Å². The molecule has 1 N–H and O–H groups in total. The van der Waals surface area contributed by atoms with Crippen LogP contribution in [0.25, 0.3) is 0 Å². The van der Waals surface area contributed by atoms with E-state index in [2.05, 4.69) is 6.07 Å². The third-order valence-corrected chi connectivity index (χ3v) is 4.02. The second-order valence-corrected chi connectivity index (χ2v) is 4.18. The summed E-state index contributed by atoms with van der Waals surface area (Å²) in [5.74, 6) is 1.29. The lowest BCUT2D eigenvalue weighted by Crippen LogP contribution is -2.36. The van der Waals surface area contributed by atoms with Crippen molar-refractivity contribution >= 4 is 0 Å². The van der Waals surface area contributed by atoms with Crippen molar-refractivity contribution in [3.8, 4) is 6.07 Å². The number of ether oxygens (including phenoxy) is 1. The number of nitrogens with zero attached hydrogens (tertiary/aromatic N) is 1. The first kappa shape index (κ1) is 5.13. The first-order chi connectivity index (χ1) is 5.32. The number of nitriles is 1. The Morgan fingerprint density at radius 2 is 2.09 bits per heavy atom. The second-order valence-electron chi connectivity index (χ2n) is 4.18. The molecule has 1 aliphatic heterocycles. The SMILES string of the molecule is N#C[C@@]12[C@H]3[C@H]1[C@H]1O[C@H]1[C@@H](O)[C@@H]32. The Kier molecular flexibility index (Phi) is 0.480. The monoisotopic (exact) mass is 149 g/mol. The largest absolute Gasteiger partial charge is 0.390 e. The van der Waals surface area contributed by atoms with Gasteiger partial charge in [0.2, 0.25) is 0 Å². The van der Waals surface area contributed by atoms with Gasteiger partial charge in [-0.25, -0.2) is 0 Å². The number of aliphatic hydroxyl groups excluding tert-OH is 1. The fourth-order valence-electron chi connectivity index (χ4n) is 3.35. The molecule has 1 heterocycles. The number of hydrogen-bond donors (Lipinski definition) is 1. The van der Waals surface area contributed by atoms with E-state index < -0.39 is 0 Å². The van der Waals surface area contributed by atoms with Crippen LogP contribution in [-0.4, -0.2) is 23.4 Å². The van der Waals surface area contributed by atoms with Gasteiger partial charge in [0.25, 0.3) is 0 Å². The van der Waals surface area contributed by atoms with Gasteiger partial charge in [-0.05, 0) is 5.92 Å². The van der Waals surface area contributed by atoms with Gasteiger partial charge in [-0.2, -0.15) is 5.26 Å². The molecule has 11 heavy (non-hydrogen) atoms. The summed E-state index contributed by atoms with van der Waals surface area (Å²) in [5.41, 5.74) is -0.114. The molecule has 4 aliphatic carbocycles. The van der Waals surface area contributed by atoms with Gasteiger partial charge in [-0.15, -0.1) is 0 Å². The van der Waals surface area contributed by atoms with Gasteiger partial charge in [0.15, 0.2) is 0 Å². The summed E-state index contributed by atoms with van der Waals surface area (Å²) in [6, 6.07) is 2.34. The Hall–Kier alpha value is -0.590. The summed E-state index contributed by atoms with van der Waals surface area (Å²) in [7, 11) is 0. The lowest BCUT2D eigenvalue weighted by Gasteiger charge is -2.22. The fourth-order valence-corrected chi connectivity index (χ4v) is 3.35. The summed E-state index contributed by atoms with van der Waals surface area (Å²) in [6.45, 7) is 0. The Morgan fingerprint density at radius 1 is 1.27 bits per heavy atom. The lowest BCUT2D eigenvalue weighted by molar-refractivity contribution is 0.0754. The van der Waals surface area contributed by atoms with Crippen molar-refractivity contribution in [3.05, 3.63) is 0 Å². The molecule has 4 saturated carbocycles. The van der Waals surface area contributed by atoms with Gasteiger partial charge in [-0.1, -0.05) is 0 Å². The second kappa shape index (κ2) is 1.03. The first-order valence-electron chi connectivity index (χ1n) is 4.07. The average molecular weight is 149 g/mol. The van der Waals surface area contributed by atoms with Crippen molar-refractivity contribution in [2.45, 2.75) is 18.3 Å². The Balaban J connectivity index is 1.83. The van der Waals surface area contributed by atoms with Crippen LogP contribution in [0.5, 0.6) is 0 Å². The summed E-state index contributed by atoms with van der Waals surface area (Å²) in [4.78, 5) is 0. The van der Waals surface area contributed by atoms with Gasteiger partial charge in [0, 0.05) is 11.8 Å². The maximum absolute atomic E-state index is 9.57. The third-order valence-electron chi connectivity index (χ3n) is 4.02. The van der Waals surface area contributed by atoms with Crippen LogP contribution in [0.2, 0.25) is 0 Å². The van der Waals surface area contributed by atoms with Crippen molar-refractivity contribution in [2.75, 3.05) is 0 Å². The van der Waals surface area contributed by atoms with E-state index in [1.807, 2.05) is 0 Å². The molecular formula is C8H7NO2. The van der Waals surface area contributed by atoms with Gasteiger partial charge < -0.3 is 9.84 Å². The van der Waals surface area contributed by atoms with Crippen molar-refractivity contribution in [1.29, 1.82) is 5.26 Å². The zero-order valence-electron chi connectivity index (χ0n) is 5.77. The maximum Gasteiger partial charge on any atom is 0.111 e. The molecule has 0 spiro atoms. The number of epoxide rings is 1. The average Bonchev–Trinajstić information content (AvgIpc) is 2.85. The van der Waals surface area contributed by atoms with E-state index in [-0.39, 0.29) is 29.6 Å². The Labute approximate surface area is 63.6 Å². The molecule has 0 unspecified atom stereocenters. The Morgan fingerprint density at radius 3 is 2.64 bits per heavy atom. The van der Waals surface area contributed by atoms with E-state index in [1.165, 1.54) is 0 Å². The molecule has 1 saturated heterocycles. The van der Waals surface area contributed by atoms with Gasteiger partial charge in [-0.3, -0.25) is 0 Å². The standard InChI is InChI=1S/C8H7NO2/c9-1-8-2-3(8)5(10)7-6(11-7)4(2)8/h2-7,10H/t2-,3-,4+,5+,6-,7+,8+/m1/s1. The van der Waals surface area contributed by atoms with Crippen LogP contribution >= 0.6 is 0 Å². The van der Waals surface area contributed by atoms with E-state index in [0.29, 0.717) is 11.8 Å². The predicted octanol–water partition coefficient (Wildman–Crippen LogP) is -0.486. The van der Waals surface area contributed by atoms with Crippen LogP contribution in [-0.2, 0) is 4.74 Å². The zero-order valence-corrected chi connectivity index (χ0v) is 5.77. The summed E-state index contributed by atoms with van der Waals surface area (Å²) >= 11 is 0. The molecule has 0 amide bonds. The third kappa shape index (κ3) is 0.287. The van der Waals surface area contributed by atoms with E-state index >= 15 is 0 Å². The summed E-state index contributed by atoms with van der Waals surface area (Å²) in [6.07, 6.45) is 0.0273. The molecule has 0 aromatic carbocycles. The lowest BCUT2D eigenvalue weighted by atomic mass is 9.81. The molecule has 56 valence electrons. The van der Waals surface area contributed by atoms with Crippen LogP contribution < -0.4 is 0 Å². The molecule has 0 radical (unpaired) electrons. The van der Waals surface area contributed by atoms with Crippen LogP contribution in [0, 0.1) is 34.5 Å². The number of rotatable bonds is 0. The summed E-state index contributed by atoms with van der Waals surface area (Å²) < 4.78 is 5.29. The molecular weight excluding hydrogens is 142 g/mol. The highest BCUT2D eigenvalue weighted by atomic mass is 16.6. The fraction of sp³-hybridized carbons (Fsp3) is 0.875. The molecule has 2 bridgehead atoms. The molecule has 5 fully saturated rings. The van der Waals surface area contributed by atoms with Gasteiger partial charge >= 0.3 is 0 Å². The topological polar surface area (TPSA) is 56.5 Å². The van der Waals surface area contributed by atoms with Crippen LogP contribution in [0.4, 0.5) is 0 Å². The molecule has 0 aromatic rings. The smallest absolute Gasteiger partial charge is 0.111 e. The molecule has 0 aromatic heterocycles. The van der Waals surface area contributed by atoms with Crippen LogP contribution in [0.1, 0.15) is 0 Å². The molecule has 5 rings (SSSR count). The van der Waals surface area contributed by atoms with E-state index in [1.54, 1.807) is 0 Å².